The normalized spacial score (nSPS) is 12.1. The van der Waals surface area contributed by atoms with E-state index in [0.717, 1.165) is 5.56 Å². The average Bonchev–Trinajstić information content (AvgIpc) is 2.65. The van der Waals surface area contributed by atoms with Gasteiger partial charge in [0, 0.05) is 13.6 Å². The van der Waals surface area contributed by atoms with Gasteiger partial charge in [0.15, 0.2) is 5.16 Å². The molecule has 134 valence electrons. The fourth-order valence-electron chi connectivity index (χ4n) is 2.45. The second-order valence-corrected chi connectivity index (χ2v) is 7.19. The SMILES string of the molecule is CC(Sc1nc2ccccc2c(=O)n1C)C(=O)NCc1ccc(F)cc1. The molecule has 0 fully saturated rings. The van der Waals surface area contributed by atoms with Crippen molar-refractivity contribution in [2.24, 2.45) is 7.05 Å². The molecule has 2 aromatic carbocycles. The monoisotopic (exact) mass is 371 g/mol. The van der Waals surface area contributed by atoms with Gasteiger partial charge in [-0.05, 0) is 36.8 Å². The molecular formula is C19H18FN3O2S. The minimum absolute atomic E-state index is 0.142. The summed E-state index contributed by atoms with van der Waals surface area (Å²) >= 11 is 1.22. The van der Waals surface area contributed by atoms with E-state index in [9.17, 15) is 14.0 Å². The second-order valence-electron chi connectivity index (χ2n) is 5.88. The summed E-state index contributed by atoms with van der Waals surface area (Å²) in [6.07, 6.45) is 0. The Bertz CT molecular complexity index is 1000. The van der Waals surface area contributed by atoms with E-state index in [1.807, 2.05) is 6.07 Å². The highest BCUT2D eigenvalue weighted by Gasteiger charge is 2.18. The molecule has 0 bridgehead atoms. The van der Waals surface area contributed by atoms with E-state index in [-0.39, 0.29) is 17.3 Å². The highest BCUT2D eigenvalue weighted by molar-refractivity contribution is 8.00. The predicted molar refractivity (Wildman–Crippen MR) is 101 cm³/mol. The third-order valence-corrected chi connectivity index (χ3v) is 5.12. The summed E-state index contributed by atoms with van der Waals surface area (Å²) in [5, 5.41) is 3.41. The Morgan fingerprint density at radius 1 is 1.23 bits per heavy atom. The number of para-hydroxylation sites is 1. The molecule has 0 saturated carbocycles. The Labute approximate surface area is 154 Å². The minimum atomic E-state index is -0.435. The lowest BCUT2D eigenvalue weighted by Crippen LogP contribution is -2.31. The third kappa shape index (κ3) is 3.94. The summed E-state index contributed by atoms with van der Waals surface area (Å²) in [4.78, 5) is 29.2. The topological polar surface area (TPSA) is 64.0 Å². The number of carbonyl (C=O) groups is 1. The van der Waals surface area contributed by atoms with Crippen molar-refractivity contribution >= 4 is 28.6 Å². The smallest absolute Gasteiger partial charge is 0.261 e. The van der Waals surface area contributed by atoms with E-state index in [4.69, 9.17) is 0 Å². The predicted octanol–water partition coefficient (Wildman–Crippen LogP) is 2.87. The average molecular weight is 371 g/mol. The van der Waals surface area contributed by atoms with Crippen molar-refractivity contribution in [3.05, 3.63) is 70.3 Å². The van der Waals surface area contributed by atoms with Crippen LogP contribution in [-0.2, 0) is 18.4 Å². The van der Waals surface area contributed by atoms with Crippen LogP contribution in [0.2, 0.25) is 0 Å². The molecule has 0 radical (unpaired) electrons. The van der Waals surface area contributed by atoms with E-state index in [1.165, 1.54) is 28.5 Å². The van der Waals surface area contributed by atoms with Crippen molar-refractivity contribution in [3.63, 3.8) is 0 Å². The van der Waals surface area contributed by atoms with Crippen LogP contribution in [0.5, 0.6) is 0 Å². The maximum atomic E-state index is 12.9. The van der Waals surface area contributed by atoms with Crippen LogP contribution >= 0.6 is 11.8 Å². The van der Waals surface area contributed by atoms with Crippen LogP contribution in [0.25, 0.3) is 10.9 Å². The number of benzene rings is 2. The zero-order valence-corrected chi connectivity index (χ0v) is 15.2. The van der Waals surface area contributed by atoms with Gasteiger partial charge in [-0.15, -0.1) is 0 Å². The second kappa shape index (κ2) is 7.70. The zero-order valence-electron chi connectivity index (χ0n) is 14.4. The number of fused-ring (bicyclic) bond motifs is 1. The van der Waals surface area contributed by atoms with Gasteiger partial charge < -0.3 is 5.32 Å². The van der Waals surface area contributed by atoms with Crippen molar-refractivity contribution < 1.29 is 9.18 Å². The van der Waals surface area contributed by atoms with E-state index in [2.05, 4.69) is 10.3 Å². The van der Waals surface area contributed by atoms with Crippen molar-refractivity contribution in [1.82, 2.24) is 14.9 Å². The summed E-state index contributed by atoms with van der Waals surface area (Å²) in [6, 6.07) is 13.1. The minimum Gasteiger partial charge on any atom is -0.351 e. The number of nitrogens with zero attached hydrogens (tertiary/aromatic N) is 2. The number of hydrogen-bond acceptors (Lipinski definition) is 4. The molecule has 0 aliphatic carbocycles. The van der Waals surface area contributed by atoms with Crippen LogP contribution in [0.1, 0.15) is 12.5 Å². The number of hydrogen-bond donors (Lipinski definition) is 1. The first-order valence-electron chi connectivity index (χ1n) is 8.10. The van der Waals surface area contributed by atoms with Crippen LogP contribution in [0, 0.1) is 5.82 Å². The first kappa shape index (κ1) is 18.1. The molecule has 0 spiro atoms. The fourth-order valence-corrected chi connectivity index (χ4v) is 3.35. The number of thioether (sulfide) groups is 1. The summed E-state index contributed by atoms with van der Waals surface area (Å²) in [7, 11) is 1.65. The lowest BCUT2D eigenvalue weighted by atomic mass is 10.2. The van der Waals surface area contributed by atoms with E-state index < -0.39 is 5.25 Å². The van der Waals surface area contributed by atoms with Gasteiger partial charge in [0.2, 0.25) is 5.91 Å². The molecular weight excluding hydrogens is 353 g/mol. The fraction of sp³-hybridized carbons (Fsp3) is 0.211. The molecule has 1 heterocycles. The van der Waals surface area contributed by atoms with E-state index in [0.29, 0.717) is 22.6 Å². The van der Waals surface area contributed by atoms with Gasteiger partial charge >= 0.3 is 0 Å². The van der Waals surface area contributed by atoms with Crippen LogP contribution in [0.15, 0.2) is 58.5 Å². The number of amides is 1. The maximum Gasteiger partial charge on any atom is 0.261 e. The highest BCUT2D eigenvalue weighted by Crippen LogP contribution is 2.22. The van der Waals surface area contributed by atoms with Gasteiger partial charge in [0.25, 0.3) is 5.56 Å². The quantitative estimate of drug-likeness (QED) is 0.553. The molecule has 3 rings (SSSR count). The molecule has 0 saturated heterocycles. The largest absolute Gasteiger partial charge is 0.351 e. The van der Waals surface area contributed by atoms with Gasteiger partial charge in [0.05, 0.1) is 16.2 Å². The first-order valence-corrected chi connectivity index (χ1v) is 8.98. The molecule has 0 aliphatic heterocycles. The Balaban J connectivity index is 1.71. The van der Waals surface area contributed by atoms with E-state index >= 15 is 0 Å². The summed E-state index contributed by atoms with van der Waals surface area (Å²) < 4.78 is 14.4. The van der Waals surface area contributed by atoms with Crippen LogP contribution < -0.4 is 10.9 Å². The highest BCUT2D eigenvalue weighted by atomic mass is 32.2. The molecule has 1 unspecified atom stereocenters. The lowest BCUT2D eigenvalue weighted by Gasteiger charge is -2.14. The van der Waals surface area contributed by atoms with Gasteiger partial charge in [-0.25, -0.2) is 9.37 Å². The van der Waals surface area contributed by atoms with Gasteiger partial charge in [-0.1, -0.05) is 36.0 Å². The van der Waals surface area contributed by atoms with Crippen LogP contribution in [0.3, 0.4) is 0 Å². The van der Waals surface area contributed by atoms with Crippen molar-refractivity contribution in [2.75, 3.05) is 0 Å². The van der Waals surface area contributed by atoms with Crippen LogP contribution in [0.4, 0.5) is 4.39 Å². The Hall–Kier alpha value is -2.67. The number of nitrogens with one attached hydrogen (secondary N) is 1. The zero-order chi connectivity index (χ0) is 18.7. The lowest BCUT2D eigenvalue weighted by molar-refractivity contribution is -0.120. The molecule has 1 amide bonds. The van der Waals surface area contributed by atoms with Gasteiger partial charge in [0.1, 0.15) is 5.82 Å². The molecule has 5 nitrogen and oxygen atoms in total. The van der Waals surface area contributed by atoms with Gasteiger partial charge in [-0.3, -0.25) is 14.2 Å². The van der Waals surface area contributed by atoms with Crippen molar-refractivity contribution in [1.29, 1.82) is 0 Å². The molecule has 0 aliphatic rings. The standard InChI is InChI=1S/C19H18FN3O2S/c1-12(17(24)21-11-13-7-9-14(20)10-8-13)26-19-22-16-6-4-3-5-15(16)18(25)23(19)2/h3-10,12H,11H2,1-2H3,(H,21,24). The molecule has 7 heteroatoms. The third-order valence-electron chi connectivity index (χ3n) is 3.97. The number of rotatable bonds is 5. The summed E-state index contributed by atoms with van der Waals surface area (Å²) in [6.45, 7) is 2.07. The van der Waals surface area contributed by atoms with Crippen molar-refractivity contribution in [3.8, 4) is 0 Å². The molecule has 26 heavy (non-hydrogen) atoms. The molecule has 1 N–H and O–H groups in total. The first-order chi connectivity index (χ1) is 12.5. The Morgan fingerprint density at radius 3 is 2.65 bits per heavy atom. The van der Waals surface area contributed by atoms with Gasteiger partial charge in [-0.2, -0.15) is 0 Å². The van der Waals surface area contributed by atoms with E-state index in [1.54, 1.807) is 44.3 Å². The number of carbonyl (C=O) groups excluding carboxylic acids is 1. The molecule has 1 aromatic heterocycles. The molecule has 1 atom stereocenters. The number of aromatic nitrogens is 2. The maximum absolute atomic E-state index is 12.9. The summed E-state index contributed by atoms with van der Waals surface area (Å²) in [5.41, 5.74) is 1.28. The Morgan fingerprint density at radius 2 is 1.92 bits per heavy atom. The van der Waals surface area contributed by atoms with Crippen molar-refractivity contribution in [2.45, 2.75) is 23.9 Å². The van der Waals surface area contributed by atoms with Crippen LogP contribution in [-0.4, -0.2) is 20.7 Å². The summed E-state index contributed by atoms with van der Waals surface area (Å²) in [5.74, 6) is -0.492. The Kier molecular flexibility index (Phi) is 5.37. The molecule has 3 aromatic rings. The number of halogens is 1.